The lowest BCUT2D eigenvalue weighted by Gasteiger charge is -2.26. The number of carbonyl (C=O) groups is 3. The number of unbranched alkanes of at least 4 members (excludes halogenated alkanes) is 11. The third-order valence-corrected chi connectivity index (χ3v) is 8.47. The normalized spacial score (nSPS) is 13.7. The molecule has 0 rings (SSSR count). The van der Waals surface area contributed by atoms with Crippen LogP contribution in [0, 0.1) is 0 Å². The summed E-state index contributed by atoms with van der Waals surface area (Å²) in [6.45, 7) is 4.47. The number of carboxylic acid groups (broad SMARTS) is 1. The van der Waals surface area contributed by atoms with E-state index in [0.29, 0.717) is 23.9 Å². The van der Waals surface area contributed by atoms with E-state index in [9.17, 15) is 19.5 Å². The summed E-state index contributed by atoms with van der Waals surface area (Å²) in [7, 11) is 5.86. The van der Waals surface area contributed by atoms with Gasteiger partial charge in [-0.05, 0) is 64.2 Å². The Morgan fingerprint density at radius 1 is 0.582 bits per heavy atom. The molecule has 9 nitrogen and oxygen atoms in total. The van der Waals surface area contributed by atoms with Crippen LogP contribution in [0.25, 0.3) is 0 Å². The van der Waals surface area contributed by atoms with Gasteiger partial charge in [0.2, 0.25) is 0 Å². The van der Waals surface area contributed by atoms with Crippen LogP contribution in [0.15, 0.2) is 72.9 Å². The van der Waals surface area contributed by atoms with Gasteiger partial charge in [-0.2, -0.15) is 0 Å². The number of quaternary nitrogens is 1. The molecule has 0 fully saturated rings. The zero-order chi connectivity index (χ0) is 40.7. The maximum Gasteiger partial charge on any atom is 0.310 e. The van der Waals surface area contributed by atoms with Gasteiger partial charge in [-0.1, -0.05) is 138 Å². The Bertz CT molecular complexity index is 1130. The maximum absolute atomic E-state index is 12.6. The second kappa shape index (κ2) is 37.6. The number of allylic oxidation sites excluding steroid dienone is 11. The van der Waals surface area contributed by atoms with Crippen molar-refractivity contribution < 1.29 is 42.9 Å². The van der Waals surface area contributed by atoms with Gasteiger partial charge in [0, 0.05) is 6.42 Å². The second-order valence-corrected chi connectivity index (χ2v) is 14.9. The lowest BCUT2D eigenvalue weighted by atomic mass is 10.1. The van der Waals surface area contributed by atoms with E-state index in [-0.39, 0.29) is 32.7 Å². The van der Waals surface area contributed by atoms with E-state index in [2.05, 4.69) is 68.5 Å². The fraction of sp³-hybridized carbons (Fsp3) is 0.674. The number of hydrogen-bond donors (Lipinski definition) is 0. The van der Waals surface area contributed by atoms with Crippen molar-refractivity contribution in [1.29, 1.82) is 0 Å². The Labute approximate surface area is 335 Å². The van der Waals surface area contributed by atoms with Crippen molar-refractivity contribution in [1.82, 2.24) is 0 Å². The first kappa shape index (κ1) is 51.7. The third kappa shape index (κ3) is 38.8. The van der Waals surface area contributed by atoms with Crippen molar-refractivity contribution in [2.45, 2.75) is 155 Å². The summed E-state index contributed by atoms with van der Waals surface area (Å²) in [5, 5.41) is 11.7. The molecule has 0 radical (unpaired) electrons. The molecule has 0 spiro atoms. The smallest absolute Gasteiger partial charge is 0.310 e. The van der Waals surface area contributed by atoms with Gasteiger partial charge in [0.15, 0.2) is 12.4 Å². The van der Waals surface area contributed by atoms with E-state index < -0.39 is 30.3 Å². The Morgan fingerprint density at radius 3 is 1.62 bits per heavy atom. The molecule has 0 saturated carbocycles. The van der Waals surface area contributed by atoms with Crippen LogP contribution >= 0.6 is 0 Å². The molecule has 0 bridgehead atoms. The number of esters is 2. The van der Waals surface area contributed by atoms with E-state index in [1.807, 2.05) is 33.3 Å². The predicted octanol–water partition coefficient (Wildman–Crippen LogP) is 9.44. The van der Waals surface area contributed by atoms with Crippen LogP contribution in [0.3, 0.4) is 0 Å². The fourth-order valence-corrected chi connectivity index (χ4v) is 5.19. The standard InChI is InChI=1S/C46H77NO8/c1-6-8-10-12-14-16-18-20-22-24-26-28-30-32-34-36-43(48)53-40-42(41-54-46(45(50)51)52-39-38-47(3,4)5)55-44(49)37-35-33-31-29-27-25-23-21-19-17-15-13-11-9-7-2/h9,11,15,17,20-23,27,29,33,35,42,46H,6-8,10,12-14,16,18-19,24-26,28,30-32,34,36-41H2,1-5H3/b11-9-,17-15-,22-20-,23-21-,29-27-,35-33-. The number of aliphatic carboxylic acids is 1. The van der Waals surface area contributed by atoms with Gasteiger partial charge in [-0.3, -0.25) is 9.59 Å². The average molecular weight is 772 g/mol. The molecular formula is C46H77NO8. The van der Waals surface area contributed by atoms with Crippen LogP contribution in [-0.2, 0) is 33.3 Å². The molecule has 55 heavy (non-hydrogen) atoms. The molecular weight excluding hydrogens is 695 g/mol. The van der Waals surface area contributed by atoms with Gasteiger partial charge in [0.05, 0.1) is 46.7 Å². The fourth-order valence-electron chi connectivity index (χ4n) is 5.19. The van der Waals surface area contributed by atoms with E-state index in [1.165, 1.54) is 44.9 Å². The lowest BCUT2D eigenvalue weighted by Crippen LogP contribution is -2.44. The van der Waals surface area contributed by atoms with Crippen molar-refractivity contribution >= 4 is 17.9 Å². The Balaban J connectivity index is 4.64. The monoisotopic (exact) mass is 772 g/mol. The highest BCUT2D eigenvalue weighted by Gasteiger charge is 2.21. The summed E-state index contributed by atoms with van der Waals surface area (Å²) in [5.74, 6) is -2.47. The van der Waals surface area contributed by atoms with Gasteiger partial charge in [0.25, 0.3) is 0 Å². The van der Waals surface area contributed by atoms with Crippen LogP contribution in [0.5, 0.6) is 0 Å². The van der Waals surface area contributed by atoms with Gasteiger partial charge in [-0.25, -0.2) is 0 Å². The van der Waals surface area contributed by atoms with E-state index in [4.69, 9.17) is 18.9 Å². The molecule has 0 aliphatic carbocycles. The van der Waals surface area contributed by atoms with Crippen molar-refractivity contribution in [3.8, 4) is 0 Å². The molecule has 0 aliphatic rings. The van der Waals surface area contributed by atoms with Crippen LogP contribution < -0.4 is 5.11 Å². The molecule has 2 atom stereocenters. The molecule has 0 amide bonds. The number of carbonyl (C=O) groups excluding carboxylic acids is 3. The number of likely N-dealkylation sites (N-methyl/N-ethyl adjacent to an activating group) is 1. The minimum absolute atomic E-state index is 0.0107. The zero-order valence-electron chi connectivity index (χ0n) is 35.3. The van der Waals surface area contributed by atoms with Crippen LogP contribution in [0.4, 0.5) is 0 Å². The summed E-state index contributed by atoms with van der Waals surface area (Å²) in [6, 6.07) is 0. The molecule has 0 aromatic heterocycles. The highest BCUT2D eigenvalue weighted by Crippen LogP contribution is 2.11. The van der Waals surface area contributed by atoms with Gasteiger partial charge >= 0.3 is 11.9 Å². The number of hydrogen-bond acceptors (Lipinski definition) is 8. The molecule has 0 aromatic carbocycles. The van der Waals surface area contributed by atoms with Crippen LogP contribution in [-0.4, -0.2) is 82.3 Å². The SMILES string of the molecule is CC/C=C\C/C=C\C/C=C\C/C=C\C/C=C\CC(=O)OC(COC(=O)CCCCCCC/C=C\CCCCCCCC)COC(OCC[N+](C)(C)C)C(=O)[O-]. The number of nitrogens with zero attached hydrogens (tertiary/aromatic N) is 1. The summed E-state index contributed by atoms with van der Waals surface area (Å²) < 4.78 is 22.3. The van der Waals surface area contributed by atoms with Gasteiger partial charge < -0.3 is 33.3 Å². The minimum atomic E-state index is -1.65. The van der Waals surface area contributed by atoms with Crippen molar-refractivity contribution in [2.75, 3.05) is 47.5 Å². The molecule has 0 aromatic rings. The molecule has 9 heteroatoms. The Hall–Kier alpha value is -3.27. The summed E-state index contributed by atoms with van der Waals surface area (Å²) in [6.07, 6.45) is 42.5. The third-order valence-electron chi connectivity index (χ3n) is 8.47. The Kier molecular flexibility index (Phi) is 35.4. The number of carboxylic acids is 1. The van der Waals surface area contributed by atoms with Crippen molar-refractivity contribution in [2.24, 2.45) is 0 Å². The van der Waals surface area contributed by atoms with Crippen molar-refractivity contribution in [3.63, 3.8) is 0 Å². The molecule has 0 aliphatic heterocycles. The minimum Gasteiger partial charge on any atom is -0.545 e. The zero-order valence-corrected chi connectivity index (χ0v) is 35.3. The highest BCUT2D eigenvalue weighted by molar-refractivity contribution is 5.71. The van der Waals surface area contributed by atoms with Gasteiger partial charge in [0.1, 0.15) is 13.2 Å². The molecule has 314 valence electrons. The van der Waals surface area contributed by atoms with Crippen molar-refractivity contribution in [3.05, 3.63) is 72.9 Å². The predicted molar refractivity (Wildman–Crippen MR) is 223 cm³/mol. The van der Waals surface area contributed by atoms with E-state index in [0.717, 1.165) is 57.8 Å². The molecule has 0 heterocycles. The van der Waals surface area contributed by atoms with Gasteiger partial charge in [-0.15, -0.1) is 0 Å². The Morgan fingerprint density at radius 2 is 1.09 bits per heavy atom. The van der Waals surface area contributed by atoms with E-state index in [1.54, 1.807) is 6.08 Å². The first-order chi connectivity index (χ1) is 26.6. The topological polar surface area (TPSA) is 111 Å². The lowest BCUT2D eigenvalue weighted by molar-refractivity contribution is -0.870. The molecule has 0 N–H and O–H groups in total. The molecule has 2 unspecified atom stereocenters. The quantitative estimate of drug-likeness (QED) is 0.0202. The summed E-state index contributed by atoms with van der Waals surface area (Å²) >= 11 is 0. The number of ether oxygens (including phenoxy) is 4. The molecule has 0 saturated heterocycles. The second-order valence-electron chi connectivity index (χ2n) is 14.9. The van der Waals surface area contributed by atoms with Crippen LogP contribution in [0.2, 0.25) is 0 Å². The first-order valence-corrected chi connectivity index (χ1v) is 21.1. The number of rotatable bonds is 37. The van der Waals surface area contributed by atoms with E-state index >= 15 is 0 Å². The van der Waals surface area contributed by atoms with Crippen LogP contribution in [0.1, 0.15) is 142 Å². The first-order valence-electron chi connectivity index (χ1n) is 21.1. The summed E-state index contributed by atoms with van der Waals surface area (Å²) in [4.78, 5) is 36.8. The largest absolute Gasteiger partial charge is 0.545 e. The summed E-state index contributed by atoms with van der Waals surface area (Å²) in [5.41, 5.74) is 0. The highest BCUT2D eigenvalue weighted by atomic mass is 16.7. The maximum atomic E-state index is 12.6. The average Bonchev–Trinajstić information content (AvgIpc) is 3.14.